The fraction of sp³-hybridized carbons (Fsp3) is 0.417. The largest absolute Gasteiger partial charge is 0.348 e. The minimum absolute atomic E-state index is 0.133. The monoisotopic (exact) mass is 206 g/mol. The van der Waals surface area contributed by atoms with E-state index in [0.29, 0.717) is 6.54 Å². The number of amides is 1. The van der Waals surface area contributed by atoms with Gasteiger partial charge in [-0.25, -0.2) is 0 Å². The SMILES string of the molecule is CN(CC(=O)N(C)C)Cc1ccccc1. The molecule has 3 nitrogen and oxygen atoms in total. The molecule has 0 atom stereocenters. The lowest BCUT2D eigenvalue weighted by atomic mass is 10.2. The Labute approximate surface area is 91.3 Å². The van der Waals surface area contributed by atoms with Gasteiger partial charge in [0.15, 0.2) is 0 Å². The highest BCUT2D eigenvalue weighted by atomic mass is 16.2. The number of likely N-dealkylation sites (N-methyl/N-ethyl adjacent to an activating group) is 2. The molecule has 3 heteroatoms. The van der Waals surface area contributed by atoms with Gasteiger partial charge in [-0.1, -0.05) is 30.3 Å². The van der Waals surface area contributed by atoms with Crippen molar-refractivity contribution in [2.45, 2.75) is 6.54 Å². The van der Waals surface area contributed by atoms with Crippen LogP contribution in [0, 0.1) is 0 Å². The lowest BCUT2D eigenvalue weighted by Crippen LogP contribution is -2.34. The number of hydrogen-bond acceptors (Lipinski definition) is 2. The normalized spacial score (nSPS) is 10.4. The minimum atomic E-state index is 0.133. The average Bonchev–Trinajstić information content (AvgIpc) is 2.18. The summed E-state index contributed by atoms with van der Waals surface area (Å²) < 4.78 is 0. The zero-order chi connectivity index (χ0) is 11.3. The number of nitrogens with zero attached hydrogens (tertiary/aromatic N) is 2. The summed E-state index contributed by atoms with van der Waals surface area (Å²) in [5, 5.41) is 0. The highest BCUT2D eigenvalue weighted by molar-refractivity contribution is 5.77. The molecule has 82 valence electrons. The molecule has 0 spiro atoms. The molecule has 0 aromatic heterocycles. The van der Waals surface area contributed by atoms with Crippen LogP contribution in [0.15, 0.2) is 30.3 Å². The van der Waals surface area contributed by atoms with Crippen molar-refractivity contribution in [2.75, 3.05) is 27.7 Å². The molecule has 0 saturated heterocycles. The first-order valence-corrected chi connectivity index (χ1v) is 5.02. The fourth-order valence-corrected chi connectivity index (χ4v) is 1.32. The molecule has 0 unspecified atom stereocenters. The van der Waals surface area contributed by atoms with E-state index in [2.05, 4.69) is 12.1 Å². The summed E-state index contributed by atoms with van der Waals surface area (Å²) in [7, 11) is 5.51. The first kappa shape index (κ1) is 11.7. The van der Waals surface area contributed by atoms with Gasteiger partial charge in [-0.05, 0) is 12.6 Å². The van der Waals surface area contributed by atoms with Crippen molar-refractivity contribution in [3.63, 3.8) is 0 Å². The van der Waals surface area contributed by atoms with Crippen LogP contribution in [0.25, 0.3) is 0 Å². The quantitative estimate of drug-likeness (QED) is 0.739. The molecule has 0 radical (unpaired) electrons. The Hall–Kier alpha value is -1.35. The van der Waals surface area contributed by atoms with Gasteiger partial charge < -0.3 is 4.90 Å². The molecule has 0 N–H and O–H groups in total. The van der Waals surface area contributed by atoms with E-state index in [1.165, 1.54) is 5.56 Å². The minimum Gasteiger partial charge on any atom is -0.348 e. The Morgan fingerprint density at radius 2 is 1.73 bits per heavy atom. The Kier molecular flexibility index (Phi) is 4.31. The summed E-state index contributed by atoms with van der Waals surface area (Å²) in [6.45, 7) is 1.27. The Morgan fingerprint density at radius 1 is 1.13 bits per heavy atom. The predicted molar refractivity (Wildman–Crippen MR) is 61.5 cm³/mol. The van der Waals surface area contributed by atoms with Crippen molar-refractivity contribution >= 4 is 5.91 Å². The van der Waals surface area contributed by atoms with Gasteiger partial charge in [-0.15, -0.1) is 0 Å². The molecule has 0 heterocycles. The topological polar surface area (TPSA) is 23.6 Å². The molecule has 15 heavy (non-hydrogen) atoms. The third-order valence-electron chi connectivity index (χ3n) is 2.20. The van der Waals surface area contributed by atoms with Crippen molar-refractivity contribution in [2.24, 2.45) is 0 Å². The van der Waals surface area contributed by atoms with Crippen LogP contribution in [0.3, 0.4) is 0 Å². The highest BCUT2D eigenvalue weighted by Gasteiger charge is 2.08. The zero-order valence-corrected chi connectivity index (χ0v) is 9.60. The van der Waals surface area contributed by atoms with Gasteiger partial charge in [-0.3, -0.25) is 9.69 Å². The molecule has 1 amide bonds. The number of benzene rings is 1. The van der Waals surface area contributed by atoms with Crippen molar-refractivity contribution in [3.8, 4) is 0 Å². The Balaban J connectivity index is 2.43. The molecule has 0 saturated carbocycles. The molecular formula is C12H18N2O. The van der Waals surface area contributed by atoms with Gasteiger partial charge in [0.25, 0.3) is 0 Å². The number of carbonyl (C=O) groups excluding carboxylic acids is 1. The van der Waals surface area contributed by atoms with Crippen LogP contribution < -0.4 is 0 Å². The molecule has 1 aromatic rings. The summed E-state index contributed by atoms with van der Waals surface area (Å²) in [5.74, 6) is 0.133. The molecule has 0 fully saturated rings. The van der Waals surface area contributed by atoms with E-state index < -0.39 is 0 Å². The maximum Gasteiger partial charge on any atom is 0.236 e. The molecule has 0 bridgehead atoms. The van der Waals surface area contributed by atoms with Crippen LogP contribution in [0.5, 0.6) is 0 Å². The average molecular weight is 206 g/mol. The molecular weight excluding hydrogens is 188 g/mol. The number of hydrogen-bond donors (Lipinski definition) is 0. The first-order chi connectivity index (χ1) is 7.09. The first-order valence-electron chi connectivity index (χ1n) is 5.02. The summed E-state index contributed by atoms with van der Waals surface area (Å²) in [5.41, 5.74) is 1.23. The van der Waals surface area contributed by atoms with Crippen molar-refractivity contribution in [1.29, 1.82) is 0 Å². The number of rotatable bonds is 4. The van der Waals surface area contributed by atoms with E-state index in [1.807, 2.05) is 30.1 Å². The smallest absolute Gasteiger partial charge is 0.236 e. The van der Waals surface area contributed by atoms with Crippen LogP contribution in [0.2, 0.25) is 0 Å². The standard InChI is InChI=1S/C12H18N2O/c1-13(2)12(15)10-14(3)9-11-7-5-4-6-8-11/h4-8H,9-10H2,1-3H3. The van der Waals surface area contributed by atoms with Gasteiger partial charge in [0.05, 0.1) is 6.54 Å². The van der Waals surface area contributed by atoms with Crippen LogP contribution in [0.1, 0.15) is 5.56 Å². The Morgan fingerprint density at radius 3 is 2.27 bits per heavy atom. The fourth-order valence-electron chi connectivity index (χ4n) is 1.32. The maximum atomic E-state index is 11.4. The second-order valence-corrected chi connectivity index (χ2v) is 3.95. The van der Waals surface area contributed by atoms with E-state index in [1.54, 1.807) is 19.0 Å². The summed E-state index contributed by atoms with van der Waals surface area (Å²) >= 11 is 0. The molecule has 1 rings (SSSR count). The van der Waals surface area contributed by atoms with Gasteiger partial charge in [0.1, 0.15) is 0 Å². The van der Waals surface area contributed by atoms with Crippen molar-refractivity contribution < 1.29 is 4.79 Å². The summed E-state index contributed by atoms with van der Waals surface area (Å²) in [6, 6.07) is 10.1. The van der Waals surface area contributed by atoms with Gasteiger partial charge in [0.2, 0.25) is 5.91 Å². The van der Waals surface area contributed by atoms with E-state index in [9.17, 15) is 4.79 Å². The highest BCUT2D eigenvalue weighted by Crippen LogP contribution is 2.02. The lowest BCUT2D eigenvalue weighted by molar-refractivity contribution is -0.129. The third kappa shape index (κ3) is 4.13. The molecule has 0 aliphatic carbocycles. The zero-order valence-electron chi connectivity index (χ0n) is 9.60. The Bertz CT molecular complexity index is 309. The molecule has 1 aromatic carbocycles. The third-order valence-corrected chi connectivity index (χ3v) is 2.20. The number of carbonyl (C=O) groups is 1. The summed E-state index contributed by atoms with van der Waals surface area (Å²) in [6.07, 6.45) is 0. The van der Waals surface area contributed by atoms with E-state index in [4.69, 9.17) is 0 Å². The van der Waals surface area contributed by atoms with E-state index in [0.717, 1.165) is 6.54 Å². The lowest BCUT2D eigenvalue weighted by Gasteiger charge is -2.18. The predicted octanol–water partition coefficient (Wildman–Crippen LogP) is 1.21. The van der Waals surface area contributed by atoms with Crippen molar-refractivity contribution in [3.05, 3.63) is 35.9 Å². The van der Waals surface area contributed by atoms with Crippen molar-refractivity contribution in [1.82, 2.24) is 9.80 Å². The van der Waals surface area contributed by atoms with Crippen LogP contribution in [0.4, 0.5) is 0 Å². The van der Waals surface area contributed by atoms with Gasteiger partial charge in [0, 0.05) is 20.6 Å². The van der Waals surface area contributed by atoms with Gasteiger partial charge >= 0.3 is 0 Å². The maximum absolute atomic E-state index is 11.4. The summed E-state index contributed by atoms with van der Waals surface area (Å²) in [4.78, 5) is 15.1. The van der Waals surface area contributed by atoms with Crippen LogP contribution in [-0.4, -0.2) is 43.4 Å². The molecule has 0 aliphatic heterocycles. The van der Waals surface area contributed by atoms with Crippen LogP contribution in [-0.2, 0) is 11.3 Å². The second-order valence-electron chi connectivity index (χ2n) is 3.95. The second kappa shape index (κ2) is 5.51. The van der Waals surface area contributed by atoms with E-state index >= 15 is 0 Å². The molecule has 0 aliphatic rings. The van der Waals surface area contributed by atoms with Crippen LogP contribution >= 0.6 is 0 Å². The van der Waals surface area contributed by atoms with Gasteiger partial charge in [-0.2, -0.15) is 0 Å². The van der Waals surface area contributed by atoms with E-state index in [-0.39, 0.29) is 5.91 Å².